The molecule has 0 bridgehead atoms. The molecule has 3 rings (SSSR count). The van der Waals surface area contributed by atoms with Crippen molar-refractivity contribution in [3.63, 3.8) is 0 Å². The number of carbonyl (C=O) groups is 2. The molecule has 2 amide bonds. The summed E-state index contributed by atoms with van der Waals surface area (Å²) in [4.78, 5) is 25.3. The summed E-state index contributed by atoms with van der Waals surface area (Å²) in [5, 5.41) is 11.9. The number of hydrogen-bond acceptors (Lipinski definition) is 3. The van der Waals surface area contributed by atoms with Crippen LogP contribution in [0.5, 0.6) is 5.75 Å². The second kappa shape index (κ2) is 9.43. The van der Waals surface area contributed by atoms with Gasteiger partial charge in [-0.3, -0.25) is 4.79 Å². The second-order valence-electron chi connectivity index (χ2n) is 7.77. The maximum absolute atomic E-state index is 13.2. The summed E-state index contributed by atoms with van der Waals surface area (Å²) >= 11 is 0. The van der Waals surface area contributed by atoms with Crippen molar-refractivity contribution in [1.82, 2.24) is 10.2 Å². The summed E-state index contributed by atoms with van der Waals surface area (Å²) in [5.41, 5.74) is -3.37. The average Bonchev–Trinajstić information content (AvgIpc) is 2.77. The predicted octanol–water partition coefficient (Wildman–Crippen LogP) is 5.00. The van der Waals surface area contributed by atoms with Gasteiger partial charge in [0.25, 0.3) is 5.91 Å². The number of nitrogens with zero attached hydrogens (tertiary/aromatic N) is 1. The van der Waals surface area contributed by atoms with Crippen molar-refractivity contribution in [3.8, 4) is 5.75 Å². The molecule has 1 saturated heterocycles. The van der Waals surface area contributed by atoms with E-state index in [0.717, 1.165) is 4.90 Å². The van der Waals surface area contributed by atoms with Gasteiger partial charge in [0, 0.05) is 30.6 Å². The highest BCUT2D eigenvalue weighted by atomic mass is 19.4. The molecule has 1 aliphatic rings. The number of piperidine rings is 1. The van der Waals surface area contributed by atoms with Gasteiger partial charge in [0.2, 0.25) is 0 Å². The number of methoxy groups -OCH3 is 1. The number of carbonyl (C=O) groups excluding carboxylic acids is 1. The number of likely N-dealkylation sites (tertiary alicyclic amines) is 1. The zero-order valence-corrected chi connectivity index (χ0v) is 17.7. The van der Waals surface area contributed by atoms with Gasteiger partial charge < -0.3 is 20.1 Å². The molecule has 0 radical (unpaired) electrons. The lowest BCUT2D eigenvalue weighted by atomic mass is 9.85. The lowest BCUT2D eigenvalue weighted by Gasteiger charge is -2.38. The zero-order valence-electron chi connectivity index (χ0n) is 17.7. The Bertz CT molecular complexity index is 1020. The van der Waals surface area contributed by atoms with Crippen LogP contribution in [0.1, 0.15) is 39.4 Å². The van der Waals surface area contributed by atoms with Crippen LogP contribution in [0.3, 0.4) is 0 Å². The van der Waals surface area contributed by atoms with Crippen LogP contribution >= 0.6 is 0 Å². The summed E-state index contributed by atoms with van der Waals surface area (Å²) in [6.45, 7) is 0.00628. The first kappa shape index (κ1) is 25.2. The molecular weight excluding hydrogens is 470 g/mol. The molecule has 2 atom stereocenters. The van der Waals surface area contributed by atoms with E-state index < -0.39 is 53.0 Å². The largest absolute Gasteiger partial charge is 0.497 e. The number of benzene rings is 2. The molecule has 1 fully saturated rings. The Kier molecular flexibility index (Phi) is 6.99. The molecule has 2 aromatic rings. The van der Waals surface area contributed by atoms with Crippen LogP contribution in [0.25, 0.3) is 0 Å². The molecule has 34 heavy (non-hydrogen) atoms. The molecule has 0 aliphatic carbocycles. The third-order valence-electron chi connectivity index (χ3n) is 5.59. The number of halogens is 6. The lowest BCUT2D eigenvalue weighted by molar-refractivity contribution is -0.143. The normalized spacial score (nSPS) is 19.0. The third-order valence-corrected chi connectivity index (χ3v) is 5.59. The standard InChI is InChI=1S/C22H20F6N2O4/c1-34-16-4-2-12(3-5-16)17-11-30(20(32)33)7-6-18(17)29-19(31)13-8-14(21(23,24)25)10-15(9-13)22(26,27)28/h2-5,8-10,17-18H,6-7,11H2,1H3,(H,29,31)(H,32,33)/t17-,18+/m0/s1. The van der Waals surface area contributed by atoms with Gasteiger partial charge in [-0.15, -0.1) is 0 Å². The van der Waals surface area contributed by atoms with E-state index in [-0.39, 0.29) is 25.6 Å². The van der Waals surface area contributed by atoms with Crippen LogP contribution in [0.4, 0.5) is 31.1 Å². The number of nitrogens with one attached hydrogen (secondary N) is 1. The van der Waals surface area contributed by atoms with Crippen LogP contribution in [-0.2, 0) is 12.4 Å². The Morgan fingerprint density at radius 3 is 2.03 bits per heavy atom. The Labute approximate surface area is 190 Å². The maximum atomic E-state index is 13.2. The maximum Gasteiger partial charge on any atom is 0.416 e. The molecule has 1 heterocycles. The topological polar surface area (TPSA) is 78.9 Å². The Hall–Kier alpha value is -3.44. The summed E-state index contributed by atoms with van der Waals surface area (Å²) in [7, 11) is 1.45. The number of alkyl halides is 6. The molecule has 6 nitrogen and oxygen atoms in total. The van der Waals surface area contributed by atoms with Gasteiger partial charge >= 0.3 is 18.4 Å². The van der Waals surface area contributed by atoms with E-state index in [9.17, 15) is 41.0 Å². The minimum absolute atomic E-state index is 0.0248. The fourth-order valence-corrected chi connectivity index (χ4v) is 3.83. The molecular formula is C22H20F6N2O4. The lowest BCUT2D eigenvalue weighted by Crippen LogP contribution is -2.51. The smallest absolute Gasteiger partial charge is 0.416 e. The van der Waals surface area contributed by atoms with E-state index >= 15 is 0 Å². The van der Waals surface area contributed by atoms with E-state index in [1.54, 1.807) is 24.3 Å². The molecule has 2 N–H and O–H groups in total. The van der Waals surface area contributed by atoms with E-state index in [1.165, 1.54) is 7.11 Å². The van der Waals surface area contributed by atoms with Gasteiger partial charge in [-0.05, 0) is 42.3 Å². The number of ether oxygens (including phenoxy) is 1. The number of hydrogen-bond donors (Lipinski definition) is 2. The molecule has 12 heteroatoms. The molecule has 0 unspecified atom stereocenters. The highest BCUT2D eigenvalue weighted by molar-refractivity contribution is 5.95. The predicted molar refractivity (Wildman–Crippen MR) is 108 cm³/mol. The van der Waals surface area contributed by atoms with Crippen molar-refractivity contribution in [3.05, 3.63) is 64.7 Å². The van der Waals surface area contributed by atoms with Gasteiger partial charge in [-0.2, -0.15) is 26.3 Å². The van der Waals surface area contributed by atoms with Crippen molar-refractivity contribution >= 4 is 12.0 Å². The van der Waals surface area contributed by atoms with Crippen molar-refractivity contribution in [1.29, 1.82) is 0 Å². The minimum Gasteiger partial charge on any atom is -0.497 e. The molecule has 0 saturated carbocycles. The zero-order chi connectivity index (χ0) is 25.3. The van der Waals surface area contributed by atoms with E-state index in [2.05, 4.69) is 5.32 Å². The molecule has 0 aromatic heterocycles. The highest BCUT2D eigenvalue weighted by Gasteiger charge is 2.38. The van der Waals surface area contributed by atoms with E-state index in [0.29, 0.717) is 23.4 Å². The van der Waals surface area contributed by atoms with Crippen LogP contribution < -0.4 is 10.1 Å². The summed E-state index contributed by atoms with van der Waals surface area (Å²) in [6.07, 6.45) is -11.3. The first-order chi connectivity index (χ1) is 15.8. The summed E-state index contributed by atoms with van der Waals surface area (Å²) in [6, 6.07) is 6.48. The van der Waals surface area contributed by atoms with Crippen LogP contribution in [0.2, 0.25) is 0 Å². The molecule has 184 valence electrons. The first-order valence-corrected chi connectivity index (χ1v) is 10.0. The van der Waals surface area contributed by atoms with Gasteiger partial charge in [0.1, 0.15) is 5.75 Å². The fraction of sp³-hybridized carbons (Fsp3) is 0.364. The third kappa shape index (κ3) is 5.72. The van der Waals surface area contributed by atoms with Crippen molar-refractivity contribution in [2.75, 3.05) is 20.2 Å². The molecule has 1 aliphatic heterocycles. The molecule has 2 aromatic carbocycles. The van der Waals surface area contributed by atoms with Crippen LogP contribution in [0.15, 0.2) is 42.5 Å². The van der Waals surface area contributed by atoms with E-state index in [4.69, 9.17) is 4.74 Å². The SMILES string of the molecule is COc1ccc([C@@H]2CN(C(=O)O)CC[C@H]2NC(=O)c2cc(C(F)(F)F)cc(C(F)(F)F)c2)cc1. The number of rotatable bonds is 4. The van der Waals surface area contributed by atoms with Crippen molar-refractivity contribution in [2.24, 2.45) is 0 Å². The Morgan fingerprint density at radius 2 is 1.56 bits per heavy atom. The fourth-order valence-electron chi connectivity index (χ4n) is 3.83. The van der Waals surface area contributed by atoms with Crippen molar-refractivity contribution in [2.45, 2.75) is 30.7 Å². The Balaban J connectivity index is 1.92. The van der Waals surface area contributed by atoms with Crippen molar-refractivity contribution < 1.29 is 45.8 Å². The molecule has 0 spiro atoms. The van der Waals surface area contributed by atoms with Gasteiger partial charge in [-0.25, -0.2) is 4.79 Å². The monoisotopic (exact) mass is 490 g/mol. The van der Waals surface area contributed by atoms with Gasteiger partial charge in [0.05, 0.1) is 18.2 Å². The number of carboxylic acid groups (broad SMARTS) is 1. The summed E-state index contributed by atoms with van der Waals surface area (Å²) in [5.74, 6) is -1.18. The summed E-state index contributed by atoms with van der Waals surface area (Å²) < 4.78 is 84.0. The second-order valence-corrected chi connectivity index (χ2v) is 7.77. The number of amides is 2. The quantitative estimate of drug-likeness (QED) is 0.592. The van der Waals surface area contributed by atoms with Crippen LogP contribution in [0, 0.1) is 0 Å². The van der Waals surface area contributed by atoms with E-state index in [1.807, 2.05) is 0 Å². The minimum atomic E-state index is -5.09. The first-order valence-electron chi connectivity index (χ1n) is 10.0. The average molecular weight is 490 g/mol. The Morgan fingerprint density at radius 1 is 1.00 bits per heavy atom. The van der Waals surface area contributed by atoms with Crippen LogP contribution in [-0.4, -0.2) is 48.2 Å². The van der Waals surface area contributed by atoms with Gasteiger partial charge in [0.15, 0.2) is 0 Å². The van der Waals surface area contributed by atoms with Gasteiger partial charge in [-0.1, -0.05) is 12.1 Å². The highest BCUT2D eigenvalue weighted by Crippen LogP contribution is 2.36.